The van der Waals surface area contributed by atoms with Gasteiger partial charge in [-0.3, -0.25) is 14.9 Å². The van der Waals surface area contributed by atoms with E-state index in [0.29, 0.717) is 36.6 Å². The van der Waals surface area contributed by atoms with Crippen molar-refractivity contribution in [3.63, 3.8) is 0 Å². The lowest BCUT2D eigenvalue weighted by Crippen LogP contribution is -2.46. The summed E-state index contributed by atoms with van der Waals surface area (Å²) >= 11 is 0. The molecule has 2 heterocycles. The lowest BCUT2D eigenvalue weighted by atomic mass is 10.0. The van der Waals surface area contributed by atoms with Crippen LogP contribution in [0.1, 0.15) is 18.9 Å². The van der Waals surface area contributed by atoms with Gasteiger partial charge < -0.3 is 19.1 Å². The fraction of sp³-hybridized carbons (Fsp3) is 0.333. The quantitative estimate of drug-likeness (QED) is 0.431. The number of benzene rings is 2. The molecule has 0 saturated carbocycles. The summed E-state index contributed by atoms with van der Waals surface area (Å²) in [4.78, 5) is 37.2. The van der Waals surface area contributed by atoms with Crippen LogP contribution in [-0.4, -0.2) is 42.2 Å². The van der Waals surface area contributed by atoms with Gasteiger partial charge in [0, 0.05) is 24.4 Å². The van der Waals surface area contributed by atoms with Crippen molar-refractivity contribution in [2.24, 2.45) is 0 Å². The number of non-ortho nitro benzene ring substituents is 1. The Bertz CT molecular complexity index is 1010. The maximum Gasteiger partial charge on any atom is 0.351 e. The summed E-state index contributed by atoms with van der Waals surface area (Å²) in [6.45, 7) is 1.69. The van der Waals surface area contributed by atoms with E-state index in [1.54, 1.807) is 37.3 Å². The van der Waals surface area contributed by atoms with Gasteiger partial charge in [-0.2, -0.15) is 0 Å². The first-order chi connectivity index (χ1) is 14.4. The molecule has 2 unspecified atom stereocenters. The molecule has 30 heavy (non-hydrogen) atoms. The number of aryl methyl sites for hydroxylation is 1. The minimum Gasteiger partial charge on any atom is -0.482 e. The molecule has 0 N–H and O–H groups in total. The average molecular weight is 412 g/mol. The number of esters is 1. The number of ether oxygens (including phenoxy) is 3. The van der Waals surface area contributed by atoms with Crippen LogP contribution in [0.15, 0.2) is 42.5 Å². The molecule has 2 aliphatic heterocycles. The van der Waals surface area contributed by atoms with Crippen molar-refractivity contribution in [3.05, 3.63) is 58.1 Å². The van der Waals surface area contributed by atoms with E-state index in [-0.39, 0.29) is 5.69 Å². The number of carbonyl (C=O) groups excluding carboxylic acids is 2. The van der Waals surface area contributed by atoms with Crippen LogP contribution in [-0.2, 0) is 20.7 Å². The van der Waals surface area contributed by atoms with Gasteiger partial charge in [0.25, 0.3) is 11.6 Å². The Morgan fingerprint density at radius 2 is 1.93 bits per heavy atom. The van der Waals surface area contributed by atoms with Crippen LogP contribution in [0, 0.1) is 10.1 Å². The van der Waals surface area contributed by atoms with Crippen LogP contribution >= 0.6 is 0 Å². The predicted octanol–water partition coefficient (Wildman–Crippen LogP) is 2.65. The molecule has 1 amide bonds. The van der Waals surface area contributed by atoms with Gasteiger partial charge in [-0.05, 0) is 43.5 Å². The third-order valence-electron chi connectivity index (χ3n) is 5.11. The lowest BCUT2D eigenvalue weighted by Gasteiger charge is -2.31. The lowest BCUT2D eigenvalue weighted by molar-refractivity contribution is -0.384. The standard InChI is InChI=1S/C21H20N2O7/c1-13-20(30-18-7-3-2-6-17(18)29-13)21(25)28-12-19(24)22-10-4-5-14-11-15(23(26)27)8-9-16(14)22/h2-3,6-9,11,13,20H,4-5,10,12H2,1H3. The van der Waals surface area contributed by atoms with Gasteiger partial charge in [-0.15, -0.1) is 0 Å². The van der Waals surface area contributed by atoms with E-state index in [9.17, 15) is 19.7 Å². The first-order valence-corrected chi connectivity index (χ1v) is 9.60. The number of rotatable bonds is 4. The van der Waals surface area contributed by atoms with Crippen LogP contribution in [0.25, 0.3) is 0 Å². The Kier molecular flexibility index (Phi) is 5.26. The number of para-hydroxylation sites is 2. The van der Waals surface area contributed by atoms with E-state index in [0.717, 1.165) is 5.56 Å². The third-order valence-corrected chi connectivity index (χ3v) is 5.11. The van der Waals surface area contributed by atoms with E-state index in [1.807, 2.05) is 0 Å². The molecule has 9 nitrogen and oxygen atoms in total. The zero-order chi connectivity index (χ0) is 21.3. The molecule has 0 spiro atoms. The fourth-order valence-corrected chi connectivity index (χ4v) is 3.63. The minimum absolute atomic E-state index is 0.0156. The first-order valence-electron chi connectivity index (χ1n) is 9.60. The molecular formula is C21H20N2O7. The van der Waals surface area contributed by atoms with Crippen LogP contribution in [0.3, 0.4) is 0 Å². The van der Waals surface area contributed by atoms with Gasteiger partial charge >= 0.3 is 5.97 Å². The zero-order valence-electron chi connectivity index (χ0n) is 16.3. The Hall–Kier alpha value is -3.62. The number of hydrogen-bond donors (Lipinski definition) is 0. The molecule has 2 aliphatic rings. The molecule has 0 aromatic heterocycles. The maximum absolute atomic E-state index is 12.7. The SMILES string of the molecule is CC1Oc2ccccc2OC1C(=O)OCC(=O)N1CCCc2cc([N+](=O)[O-])ccc21. The Labute approximate surface area is 172 Å². The smallest absolute Gasteiger partial charge is 0.351 e. The summed E-state index contributed by atoms with van der Waals surface area (Å²) in [5.74, 6) is -0.103. The minimum atomic E-state index is -0.982. The van der Waals surface area contributed by atoms with Gasteiger partial charge in [0.15, 0.2) is 18.1 Å². The summed E-state index contributed by atoms with van der Waals surface area (Å²) in [6.07, 6.45) is -0.241. The molecule has 0 saturated heterocycles. The second kappa shape index (κ2) is 8.02. The predicted molar refractivity (Wildman–Crippen MR) is 106 cm³/mol. The number of carbonyl (C=O) groups is 2. The van der Waals surface area contributed by atoms with E-state index in [2.05, 4.69) is 0 Å². The number of nitro benzene ring substituents is 1. The Morgan fingerprint density at radius 3 is 2.67 bits per heavy atom. The molecular weight excluding hydrogens is 392 g/mol. The summed E-state index contributed by atoms with van der Waals surface area (Å²) in [7, 11) is 0. The maximum atomic E-state index is 12.7. The van der Waals surface area contributed by atoms with Gasteiger partial charge in [-0.1, -0.05) is 12.1 Å². The largest absolute Gasteiger partial charge is 0.482 e. The van der Waals surface area contributed by atoms with Gasteiger partial charge in [0.1, 0.15) is 6.10 Å². The fourth-order valence-electron chi connectivity index (χ4n) is 3.63. The molecule has 0 aliphatic carbocycles. The van der Waals surface area contributed by atoms with Crippen molar-refractivity contribution in [2.75, 3.05) is 18.1 Å². The molecule has 0 fully saturated rings. The van der Waals surface area contributed by atoms with E-state index < -0.39 is 35.6 Å². The summed E-state index contributed by atoms with van der Waals surface area (Å²) in [5, 5.41) is 11.0. The molecule has 0 radical (unpaired) electrons. The second-order valence-corrected chi connectivity index (χ2v) is 7.13. The first kappa shape index (κ1) is 19.7. The summed E-state index contributed by atoms with van der Waals surface area (Å²) in [5.41, 5.74) is 1.31. The van der Waals surface area contributed by atoms with Crippen molar-refractivity contribution < 1.29 is 28.7 Å². The molecule has 2 aromatic rings. The molecule has 0 bridgehead atoms. The van der Waals surface area contributed by atoms with Crippen molar-refractivity contribution >= 4 is 23.3 Å². The normalized spacial score (nSPS) is 19.6. The number of amides is 1. The van der Waals surface area contributed by atoms with E-state index in [1.165, 1.54) is 17.0 Å². The number of nitro groups is 1. The van der Waals surface area contributed by atoms with Crippen molar-refractivity contribution in [3.8, 4) is 11.5 Å². The van der Waals surface area contributed by atoms with Gasteiger partial charge in [0.05, 0.1) is 4.92 Å². The number of nitrogens with zero attached hydrogens (tertiary/aromatic N) is 2. The van der Waals surface area contributed by atoms with Crippen LogP contribution < -0.4 is 14.4 Å². The topological polar surface area (TPSA) is 108 Å². The highest BCUT2D eigenvalue weighted by Gasteiger charge is 2.36. The molecule has 2 aromatic carbocycles. The highest BCUT2D eigenvalue weighted by Crippen LogP contribution is 2.34. The van der Waals surface area contributed by atoms with Crippen LogP contribution in [0.4, 0.5) is 11.4 Å². The van der Waals surface area contributed by atoms with Gasteiger partial charge in [0.2, 0.25) is 6.10 Å². The molecule has 156 valence electrons. The average Bonchev–Trinajstić information content (AvgIpc) is 2.75. The number of anilines is 1. The van der Waals surface area contributed by atoms with Crippen LogP contribution in [0.5, 0.6) is 11.5 Å². The van der Waals surface area contributed by atoms with Crippen LogP contribution in [0.2, 0.25) is 0 Å². The number of hydrogen-bond acceptors (Lipinski definition) is 7. The monoisotopic (exact) mass is 412 g/mol. The second-order valence-electron chi connectivity index (χ2n) is 7.13. The summed E-state index contributed by atoms with van der Waals surface area (Å²) < 4.78 is 16.6. The van der Waals surface area contributed by atoms with Crippen molar-refractivity contribution in [2.45, 2.75) is 32.0 Å². The van der Waals surface area contributed by atoms with Crippen molar-refractivity contribution in [1.29, 1.82) is 0 Å². The highest BCUT2D eigenvalue weighted by atomic mass is 16.6. The molecule has 2 atom stereocenters. The third kappa shape index (κ3) is 3.78. The highest BCUT2D eigenvalue weighted by molar-refractivity contribution is 5.96. The molecule has 9 heteroatoms. The van der Waals surface area contributed by atoms with E-state index >= 15 is 0 Å². The Balaban J connectivity index is 1.41. The zero-order valence-corrected chi connectivity index (χ0v) is 16.3. The van der Waals surface area contributed by atoms with Gasteiger partial charge in [-0.25, -0.2) is 4.79 Å². The number of fused-ring (bicyclic) bond motifs is 2. The molecule has 4 rings (SSSR count). The Morgan fingerprint density at radius 1 is 1.20 bits per heavy atom. The summed E-state index contributed by atoms with van der Waals surface area (Å²) in [6, 6.07) is 11.4. The van der Waals surface area contributed by atoms with E-state index in [4.69, 9.17) is 14.2 Å². The van der Waals surface area contributed by atoms with Crippen molar-refractivity contribution in [1.82, 2.24) is 0 Å².